The van der Waals surface area contributed by atoms with Gasteiger partial charge >= 0.3 is 0 Å². The van der Waals surface area contributed by atoms with Crippen molar-refractivity contribution in [2.75, 3.05) is 13.2 Å². The summed E-state index contributed by atoms with van der Waals surface area (Å²) in [7, 11) is 0. The van der Waals surface area contributed by atoms with E-state index >= 15 is 0 Å². The van der Waals surface area contributed by atoms with Crippen LogP contribution in [-0.2, 0) is 11.2 Å². The summed E-state index contributed by atoms with van der Waals surface area (Å²) in [4.78, 5) is 4.37. The number of furan rings is 1. The number of hydrogen-bond donors (Lipinski definition) is 0. The second-order valence-corrected chi connectivity index (χ2v) is 3.92. The van der Waals surface area contributed by atoms with Crippen LogP contribution < -0.4 is 0 Å². The molecule has 5 nitrogen and oxygen atoms in total. The number of ether oxygens (including phenoxy) is 1. The van der Waals surface area contributed by atoms with Gasteiger partial charge < -0.3 is 13.7 Å². The molecule has 1 saturated heterocycles. The molecule has 0 aromatic carbocycles. The molecule has 1 atom stereocenters. The third kappa shape index (κ3) is 1.86. The standard InChI is InChI=1S/C11H12N2O3/c1-3-14-6-8(1)5-10-12-11(13-16-10)9-2-4-15-7-9/h1,3,6,9H,2,4-5,7H2/t9-/m1/s1. The molecule has 0 radical (unpaired) electrons. The first-order valence-corrected chi connectivity index (χ1v) is 5.33. The van der Waals surface area contributed by atoms with E-state index in [0.29, 0.717) is 24.8 Å². The van der Waals surface area contributed by atoms with Crippen LogP contribution in [-0.4, -0.2) is 23.4 Å². The van der Waals surface area contributed by atoms with Gasteiger partial charge in [-0.3, -0.25) is 0 Å². The molecule has 0 amide bonds. The van der Waals surface area contributed by atoms with Gasteiger partial charge in [0.2, 0.25) is 5.89 Å². The van der Waals surface area contributed by atoms with Gasteiger partial charge in [0.25, 0.3) is 0 Å². The Kier molecular flexibility index (Phi) is 2.46. The van der Waals surface area contributed by atoms with Crippen LogP contribution in [0.4, 0.5) is 0 Å². The van der Waals surface area contributed by atoms with Crippen molar-refractivity contribution in [3.63, 3.8) is 0 Å². The van der Waals surface area contributed by atoms with Gasteiger partial charge in [0, 0.05) is 12.5 Å². The average molecular weight is 220 g/mol. The fraction of sp³-hybridized carbons (Fsp3) is 0.455. The Hall–Kier alpha value is -1.62. The summed E-state index contributed by atoms with van der Waals surface area (Å²) in [5.74, 6) is 1.68. The fourth-order valence-electron chi connectivity index (χ4n) is 1.81. The SMILES string of the molecule is c1cc(Cc2nc([C@@H]3CCOC3)no2)co1. The third-order valence-electron chi connectivity index (χ3n) is 2.71. The summed E-state index contributed by atoms with van der Waals surface area (Å²) < 4.78 is 15.5. The molecule has 84 valence electrons. The molecule has 0 bridgehead atoms. The zero-order valence-corrected chi connectivity index (χ0v) is 8.76. The van der Waals surface area contributed by atoms with Gasteiger partial charge in [-0.25, -0.2) is 0 Å². The van der Waals surface area contributed by atoms with E-state index in [1.165, 1.54) is 0 Å². The largest absolute Gasteiger partial charge is 0.472 e. The zero-order chi connectivity index (χ0) is 10.8. The molecule has 0 saturated carbocycles. The molecule has 0 spiro atoms. The van der Waals surface area contributed by atoms with E-state index in [4.69, 9.17) is 13.7 Å². The highest BCUT2D eigenvalue weighted by Gasteiger charge is 2.23. The molecule has 1 aliphatic heterocycles. The maximum absolute atomic E-state index is 5.29. The number of nitrogens with zero attached hydrogens (tertiary/aromatic N) is 2. The van der Waals surface area contributed by atoms with Crippen LogP contribution in [0.5, 0.6) is 0 Å². The van der Waals surface area contributed by atoms with Crippen molar-refractivity contribution in [3.8, 4) is 0 Å². The minimum Gasteiger partial charge on any atom is -0.472 e. The highest BCUT2D eigenvalue weighted by molar-refractivity contribution is 5.11. The van der Waals surface area contributed by atoms with Crippen LogP contribution in [0.1, 0.15) is 29.6 Å². The minimum absolute atomic E-state index is 0.293. The first-order valence-electron chi connectivity index (χ1n) is 5.33. The Morgan fingerprint density at radius 3 is 3.19 bits per heavy atom. The molecular formula is C11H12N2O3. The predicted octanol–water partition coefficient (Wildman–Crippen LogP) is 1.76. The molecule has 0 N–H and O–H groups in total. The Bertz CT molecular complexity index is 444. The molecule has 0 unspecified atom stereocenters. The van der Waals surface area contributed by atoms with E-state index in [0.717, 1.165) is 24.4 Å². The zero-order valence-electron chi connectivity index (χ0n) is 8.76. The molecular weight excluding hydrogens is 208 g/mol. The lowest BCUT2D eigenvalue weighted by molar-refractivity contribution is 0.192. The lowest BCUT2D eigenvalue weighted by atomic mass is 10.1. The molecule has 2 aromatic rings. The summed E-state index contributed by atoms with van der Waals surface area (Å²) >= 11 is 0. The van der Waals surface area contributed by atoms with Crippen LogP contribution in [0.15, 0.2) is 27.5 Å². The topological polar surface area (TPSA) is 61.3 Å². The van der Waals surface area contributed by atoms with Gasteiger partial charge in [-0.15, -0.1) is 0 Å². The van der Waals surface area contributed by atoms with Crippen molar-refractivity contribution in [1.29, 1.82) is 0 Å². The van der Waals surface area contributed by atoms with Gasteiger partial charge in [-0.1, -0.05) is 5.16 Å². The summed E-state index contributed by atoms with van der Waals surface area (Å²) in [6.45, 7) is 1.49. The van der Waals surface area contributed by atoms with Crippen LogP contribution >= 0.6 is 0 Å². The Morgan fingerprint density at radius 1 is 1.44 bits per heavy atom. The van der Waals surface area contributed by atoms with Crippen molar-refractivity contribution in [2.24, 2.45) is 0 Å². The number of rotatable bonds is 3. The van der Waals surface area contributed by atoms with Crippen LogP contribution in [0, 0.1) is 0 Å². The summed E-state index contributed by atoms with van der Waals surface area (Å²) in [6, 6.07) is 1.89. The summed E-state index contributed by atoms with van der Waals surface area (Å²) in [5, 5.41) is 3.98. The fourth-order valence-corrected chi connectivity index (χ4v) is 1.81. The molecule has 2 aromatic heterocycles. The summed E-state index contributed by atoms with van der Waals surface area (Å²) in [5.41, 5.74) is 1.04. The number of hydrogen-bond acceptors (Lipinski definition) is 5. The second kappa shape index (κ2) is 4.09. The van der Waals surface area contributed by atoms with Gasteiger partial charge in [0.05, 0.1) is 25.6 Å². The van der Waals surface area contributed by atoms with Crippen molar-refractivity contribution in [2.45, 2.75) is 18.8 Å². The lowest BCUT2D eigenvalue weighted by Crippen LogP contribution is -2.00. The predicted molar refractivity (Wildman–Crippen MR) is 54.0 cm³/mol. The second-order valence-electron chi connectivity index (χ2n) is 3.92. The molecule has 3 rings (SSSR count). The smallest absolute Gasteiger partial charge is 0.231 e. The highest BCUT2D eigenvalue weighted by Crippen LogP contribution is 2.22. The molecule has 3 heterocycles. The normalized spacial score (nSPS) is 20.4. The van der Waals surface area contributed by atoms with Crippen LogP contribution in [0.2, 0.25) is 0 Å². The van der Waals surface area contributed by atoms with E-state index in [9.17, 15) is 0 Å². The van der Waals surface area contributed by atoms with Crippen molar-refractivity contribution in [1.82, 2.24) is 10.1 Å². The minimum atomic E-state index is 0.293. The maximum atomic E-state index is 5.29. The van der Waals surface area contributed by atoms with E-state index < -0.39 is 0 Å². The van der Waals surface area contributed by atoms with Gasteiger partial charge in [-0.05, 0) is 18.1 Å². The van der Waals surface area contributed by atoms with Crippen molar-refractivity contribution in [3.05, 3.63) is 35.9 Å². The van der Waals surface area contributed by atoms with Crippen LogP contribution in [0.25, 0.3) is 0 Å². The number of aromatic nitrogens is 2. The van der Waals surface area contributed by atoms with Gasteiger partial charge in [-0.2, -0.15) is 4.98 Å². The molecule has 5 heteroatoms. The lowest BCUT2D eigenvalue weighted by Gasteiger charge is -1.97. The molecule has 1 aliphatic rings. The first-order chi connectivity index (χ1) is 7.92. The van der Waals surface area contributed by atoms with E-state index in [2.05, 4.69) is 10.1 Å². The Balaban J connectivity index is 1.72. The van der Waals surface area contributed by atoms with Crippen LogP contribution in [0.3, 0.4) is 0 Å². The Labute approximate surface area is 92.4 Å². The quantitative estimate of drug-likeness (QED) is 0.788. The van der Waals surface area contributed by atoms with Gasteiger partial charge in [0.1, 0.15) is 0 Å². The van der Waals surface area contributed by atoms with E-state index in [1.807, 2.05) is 6.07 Å². The van der Waals surface area contributed by atoms with Crippen molar-refractivity contribution < 1.29 is 13.7 Å². The third-order valence-corrected chi connectivity index (χ3v) is 2.71. The maximum Gasteiger partial charge on any atom is 0.231 e. The highest BCUT2D eigenvalue weighted by atomic mass is 16.5. The van der Waals surface area contributed by atoms with Crippen molar-refractivity contribution >= 4 is 0 Å². The summed E-state index contributed by atoms with van der Waals surface area (Å²) in [6.07, 6.45) is 4.92. The van der Waals surface area contributed by atoms with E-state index in [-0.39, 0.29) is 0 Å². The molecule has 16 heavy (non-hydrogen) atoms. The monoisotopic (exact) mass is 220 g/mol. The molecule has 1 fully saturated rings. The average Bonchev–Trinajstić information content (AvgIpc) is 2.99. The molecule has 0 aliphatic carbocycles. The Morgan fingerprint density at radius 2 is 2.44 bits per heavy atom. The van der Waals surface area contributed by atoms with E-state index in [1.54, 1.807) is 12.5 Å². The van der Waals surface area contributed by atoms with Gasteiger partial charge in [0.15, 0.2) is 5.82 Å². The first kappa shape index (κ1) is 9.59.